The van der Waals surface area contributed by atoms with Crippen LogP contribution in [0.1, 0.15) is 38.7 Å². The predicted octanol–water partition coefficient (Wildman–Crippen LogP) is 2.51. The molecule has 6 heteroatoms. The van der Waals surface area contributed by atoms with Crippen LogP contribution in [0.3, 0.4) is 0 Å². The highest BCUT2D eigenvalue weighted by Crippen LogP contribution is 2.57. The van der Waals surface area contributed by atoms with Gasteiger partial charge in [-0.2, -0.15) is 0 Å². The van der Waals surface area contributed by atoms with Crippen molar-refractivity contribution in [2.45, 2.75) is 39.7 Å². The minimum atomic E-state index is -0.406. The molecule has 1 aromatic carbocycles. The standard InChI is InChI=1S/C22H30FN3O2/c1-3-25-13-10-22(20(25)28)16-26(17(2)27)15-21(22)8-11-24(12-9-21)14-18-4-6-19(23)7-5-18/h4-7H,3,8-16H2,1-2H3/t22-/m1/s1. The Morgan fingerprint density at radius 2 is 1.75 bits per heavy atom. The summed E-state index contributed by atoms with van der Waals surface area (Å²) in [6.07, 6.45) is 2.73. The Kier molecular flexibility index (Phi) is 4.94. The van der Waals surface area contributed by atoms with E-state index in [0.29, 0.717) is 13.1 Å². The lowest BCUT2D eigenvalue weighted by Crippen LogP contribution is -2.52. The number of nitrogens with zero attached hydrogens (tertiary/aromatic N) is 3. The molecule has 1 atom stereocenters. The van der Waals surface area contributed by atoms with Crippen LogP contribution >= 0.6 is 0 Å². The molecular formula is C22H30FN3O2. The molecule has 0 aliphatic carbocycles. The zero-order valence-corrected chi connectivity index (χ0v) is 16.9. The highest BCUT2D eigenvalue weighted by Gasteiger charge is 2.65. The quantitative estimate of drug-likeness (QED) is 0.801. The van der Waals surface area contributed by atoms with Gasteiger partial charge in [0.25, 0.3) is 0 Å². The number of piperidine rings is 1. The van der Waals surface area contributed by atoms with Gasteiger partial charge in [0.2, 0.25) is 11.8 Å². The Labute approximate surface area is 166 Å². The highest BCUT2D eigenvalue weighted by molar-refractivity contribution is 5.88. The third-order valence-corrected chi connectivity index (χ3v) is 7.43. The molecule has 152 valence electrons. The van der Waals surface area contributed by atoms with Gasteiger partial charge in [0.05, 0.1) is 5.41 Å². The normalized spacial score (nSPS) is 27.3. The lowest BCUT2D eigenvalue weighted by molar-refractivity contribution is -0.142. The third kappa shape index (κ3) is 3.02. The Morgan fingerprint density at radius 1 is 1.07 bits per heavy atom. The Bertz CT molecular complexity index is 758. The fourth-order valence-corrected chi connectivity index (χ4v) is 5.69. The van der Waals surface area contributed by atoms with Crippen LogP contribution in [-0.4, -0.2) is 65.8 Å². The predicted molar refractivity (Wildman–Crippen MR) is 105 cm³/mol. The van der Waals surface area contributed by atoms with Crippen molar-refractivity contribution in [2.75, 3.05) is 39.3 Å². The van der Waals surface area contributed by atoms with Crippen LogP contribution in [0, 0.1) is 16.6 Å². The minimum absolute atomic E-state index is 0.0766. The Hall–Kier alpha value is -1.95. The molecule has 0 unspecified atom stereocenters. The van der Waals surface area contributed by atoms with Crippen LogP contribution in [0.25, 0.3) is 0 Å². The summed E-state index contributed by atoms with van der Waals surface area (Å²) >= 11 is 0. The molecule has 0 radical (unpaired) electrons. The number of carbonyl (C=O) groups excluding carboxylic acids is 2. The molecule has 2 spiro atoms. The zero-order chi connectivity index (χ0) is 19.9. The van der Waals surface area contributed by atoms with Crippen LogP contribution in [-0.2, 0) is 16.1 Å². The molecule has 0 bridgehead atoms. The first-order chi connectivity index (χ1) is 13.4. The molecule has 3 aliphatic rings. The van der Waals surface area contributed by atoms with E-state index < -0.39 is 5.41 Å². The minimum Gasteiger partial charge on any atom is -0.342 e. The van der Waals surface area contributed by atoms with E-state index in [-0.39, 0.29) is 23.0 Å². The van der Waals surface area contributed by atoms with Gasteiger partial charge in [0, 0.05) is 45.1 Å². The van der Waals surface area contributed by atoms with E-state index >= 15 is 0 Å². The number of halogens is 1. The van der Waals surface area contributed by atoms with E-state index in [0.717, 1.165) is 57.5 Å². The summed E-state index contributed by atoms with van der Waals surface area (Å²) in [7, 11) is 0. The number of fused-ring (bicyclic) bond motifs is 1. The van der Waals surface area contributed by atoms with Crippen molar-refractivity contribution in [1.82, 2.24) is 14.7 Å². The molecule has 0 saturated carbocycles. The second-order valence-electron chi connectivity index (χ2n) is 8.77. The van der Waals surface area contributed by atoms with Gasteiger partial charge in [-0.1, -0.05) is 12.1 Å². The van der Waals surface area contributed by atoms with E-state index in [4.69, 9.17) is 0 Å². The lowest BCUT2D eigenvalue weighted by atomic mass is 9.60. The number of hydrogen-bond donors (Lipinski definition) is 0. The van der Waals surface area contributed by atoms with Crippen LogP contribution < -0.4 is 0 Å². The van der Waals surface area contributed by atoms with Crippen LogP contribution in [0.2, 0.25) is 0 Å². The average Bonchev–Trinajstić information content (AvgIpc) is 3.18. The second-order valence-corrected chi connectivity index (χ2v) is 8.77. The van der Waals surface area contributed by atoms with Crippen molar-refractivity contribution in [2.24, 2.45) is 10.8 Å². The van der Waals surface area contributed by atoms with Crippen LogP contribution in [0.15, 0.2) is 24.3 Å². The fourth-order valence-electron chi connectivity index (χ4n) is 5.69. The Morgan fingerprint density at radius 3 is 2.32 bits per heavy atom. The fraction of sp³-hybridized carbons (Fsp3) is 0.636. The summed E-state index contributed by atoms with van der Waals surface area (Å²) in [6, 6.07) is 6.70. The van der Waals surface area contributed by atoms with Crippen LogP contribution in [0.4, 0.5) is 4.39 Å². The topological polar surface area (TPSA) is 43.9 Å². The lowest BCUT2D eigenvalue weighted by Gasteiger charge is -2.46. The molecule has 5 nitrogen and oxygen atoms in total. The molecular weight excluding hydrogens is 357 g/mol. The van der Waals surface area contributed by atoms with Gasteiger partial charge < -0.3 is 9.80 Å². The van der Waals surface area contributed by atoms with Crippen LogP contribution in [0.5, 0.6) is 0 Å². The van der Waals surface area contributed by atoms with Crippen molar-refractivity contribution >= 4 is 11.8 Å². The van der Waals surface area contributed by atoms with E-state index in [1.54, 1.807) is 6.92 Å². The van der Waals surface area contributed by atoms with Crippen molar-refractivity contribution < 1.29 is 14.0 Å². The number of hydrogen-bond acceptors (Lipinski definition) is 3. The number of amides is 2. The number of carbonyl (C=O) groups is 2. The van der Waals surface area contributed by atoms with Gasteiger partial charge >= 0.3 is 0 Å². The van der Waals surface area contributed by atoms with Gasteiger partial charge in [-0.3, -0.25) is 14.5 Å². The number of rotatable bonds is 3. The molecule has 28 heavy (non-hydrogen) atoms. The van der Waals surface area contributed by atoms with Crippen molar-refractivity contribution in [3.05, 3.63) is 35.6 Å². The van der Waals surface area contributed by atoms with Gasteiger partial charge in [0.15, 0.2) is 0 Å². The SMILES string of the molecule is CCN1CC[C@@]2(CN(C(C)=O)CC23CCN(Cc2ccc(F)cc2)CC3)C1=O. The zero-order valence-electron chi connectivity index (χ0n) is 16.9. The molecule has 0 N–H and O–H groups in total. The summed E-state index contributed by atoms with van der Waals surface area (Å²) in [5.74, 6) is 0.122. The summed E-state index contributed by atoms with van der Waals surface area (Å²) in [5.41, 5.74) is 0.591. The summed E-state index contributed by atoms with van der Waals surface area (Å²) in [4.78, 5) is 31.8. The second kappa shape index (κ2) is 7.14. The summed E-state index contributed by atoms with van der Waals surface area (Å²) < 4.78 is 13.2. The maximum Gasteiger partial charge on any atom is 0.231 e. The van der Waals surface area contributed by atoms with Gasteiger partial charge in [-0.15, -0.1) is 0 Å². The van der Waals surface area contributed by atoms with Gasteiger partial charge in [-0.25, -0.2) is 4.39 Å². The molecule has 3 fully saturated rings. The van der Waals surface area contributed by atoms with E-state index in [1.165, 1.54) is 12.1 Å². The first-order valence-electron chi connectivity index (χ1n) is 10.4. The molecule has 2 amide bonds. The Balaban J connectivity index is 1.52. The first kappa shape index (κ1) is 19.4. The van der Waals surface area contributed by atoms with E-state index in [2.05, 4.69) is 4.90 Å². The molecule has 4 rings (SSSR count). The highest BCUT2D eigenvalue weighted by atomic mass is 19.1. The largest absolute Gasteiger partial charge is 0.342 e. The average molecular weight is 387 g/mol. The maximum absolute atomic E-state index is 13.3. The molecule has 1 aromatic rings. The third-order valence-electron chi connectivity index (χ3n) is 7.43. The van der Waals surface area contributed by atoms with E-state index in [9.17, 15) is 14.0 Å². The molecule has 0 aromatic heterocycles. The van der Waals surface area contributed by atoms with Crippen molar-refractivity contribution in [3.63, 3.8) is 0 Å². The number of benzene rings is 1. The molecule has 3 saturated heterocycles. The smallest absolute Gasteiger partial charge is 0.231 e. The van der Waals surface area contributed by atoms with Gasteiger partial charge in [-0.05, 0) is 57.0 Å². The molecule has 3 heterocycles. The molecule has 3 aliphatic heterocycles. The first-order valence-corrected chi connectivity index (χ1v) is 10.4. The summed E-state index contributed by atoms with van der Waals surface area (Å²) in [6.45, 7) is 9.10. The number of likely N-dealkylation sites (tertiary alicyclic amines) is 3. The van der Waals surface area contributed by atoms with E-state index in [1.807, 2.05) is 28.9 Å². The summed E-state index contributed by atoms with van der Waals surface area (Å²) in [5, 5.41) is 0. The van der Waals surface area contributed by atoms with Gasteiger partial charge in [0.1, 0.15) is 5.82 Å². The monoisotopic (exact) mass is 387 g/mol. The van der Waals surface area contributed by atoms with Crippen molar-refractivity contribution in [1.29, 1.82) is 0 Å². The maximum atomic E-state index is 13.3. The van der Waals surface area contributed by atoms with Crippen molar-refractivity contribution in [3.8, 4) is 0 Å².